The number of hydrogen-bond acceptors (Lipinski definition) is 3. The van der Waals surface area contributed by atoms with Crippen molar-refractivity contribution in [3.8, 4) is 0 Å². The average Bonchev–Trinajstić information content (AvgIpc) is 2.71. The summed E-state index contributed by atoms with van der Waals surface area (Å²) in [5, 5.41) is -0.188. The molecule has 0 radical (unpaired) electrons. The Hall–Kier alpha value is -1.81. The first-order chi connectivity index (χ1) is 14.9. The van der Waals surface area contributed by atoms with Gasteiger partial charge in [0.1, 0.15) is 0 Å². The van der Waals surface area contributed by atoms with Crippen molar-refractivity contribution in [2.45, 2.75) is 49.3 Å². The predicted octanol–water partition coefficient (Wildman–Crippen LogP) is 5.25. The average molecular weight is 509 g/mol. The lowest BCUT2D eigenvalue weighted by Gasteiger charge is -2.38. The van der Waals surface area contributed by atoms with E-state index in [1.807, 2.05) is 0 Å². The molecule has 2 atom stereocenters. The molecule has 0 aliphatic heterocycles. The van der Waals surface area contributed by atoms with Crippen LogP contribution >= 0.6 is 23.2 Å². The summed E-state index contributed by atoms with van der Waals surface area (Å²) >= 11 is 11.7. The van der Waals surface area contributed by atoms with Crippen LogP contribution in [0.1, 0.15) is 36.8 Å². The number of primary amides is 1. The summed E-state index contributed by atoms with van der Waals surface area (Å²) in [5.41, 5.74) is 4.81. The minimum atomic E-state index is -4.63. The van der Waals surface area contributed by atoms with E-state index in [1.165, 1.54) is 30.3 Å². The topological polar surface area (TPSA) is 80.5 Å². The van der Waals surface area contributed by atoms with Crippen molar-refractivity contribution in [1.82, 2.24) is 4.31 Å². The fourth-order valence-corrected chi connectivity index (χ4v) is 6.09. The van der Waals surface area contributed by atoms with Gasteiger partial charge in [-0.2, -0.15) is 17.5 Å². The van der Waals surface area contributed by atoms with Crippen molar-refractivity contribution in [2.75, 3.05) is 0 Å². The molecule has 11 heteroatoms. The number of nitrogens with two attached hydrogens (primary N) is 1. The van der Waals surface area contributed by atoms with Gasteiger partial charge in [0.25, 0.3) is 0 Å². The van der Waals surface area contributed by atoms with Crippen molar-refractivity contribution in [2.24, 2.45) is 11.7 Å². The molecule has 32 heavy (non-hydrogen) atoms. The van der Waals surface area contributed by atoms with Crippen molar-refractivity contribution in [1.29, 1.82) is 0 Å². The molecule has 174 valence electrons. The molecule has 1 aliphatic rings. The third-order valence-corrected chi connectivity index (χ3v) is 8.01. The number of carbonyl (C=O) groups excluding carboxylic acids is 1. The summed E-state index contributed by atoms with van der Waals surface area (Å²) in [4.78, 5) is 12.0. The Morgan fingerprint density at radius 2 is 1.69 bits per heavy atom. The molecule has 0 spiro atoms. The monoisotopic (exact) mass is 508 g/mol. The summed E-state index contributed by atoms with van der Waals surface area (Å²) in [6.45, 7) is -0.267. The van der Waals surface area contributed by atoms with Gasteiger partial charge in [0.05, 0.1) is 21.4 Å². The van der Waals surface area contributed by atoms with E-state index in [9.17, 15) is 26.4 Å². The summed E-state index contributed by atoms with van der Waals surface area (Å²) in [5.74, 6) is -1.33. The highest BCUT2D eigenvalue weighted by Crippen LogP contribution is 2.37. The highest BCUT2D eigenvalue weighted by molar-refractivity contribution is 7.89. The Labute approximate surface area is 194 Å². The lowest BCUT2D eigenvalue weighted by atomic mass is 9.84. The maximum Gasteiger partial charge on any atom is 0.417 e. The quantitative estimate of drug-likeness (QED) is 0.578. The zero-order valence-corrected chi connectivity index (χ0v) is 19.1. The first-order valence-corrected chi connectivity index (χ1v) is 12.0. The normalized spacial score (nSPS) is 19.8. The van der Waals surface area contributed by atoms with Gasteiger partial charge in [-0.25, -0.2) is 8.42 Å². The van der Waals surface area contributed by atoms with Crippen LogP contribution in [0, 0.1) is 5.92 Å². The number of rotatable bonds is 6. The van der Waals surface area contributed by atoms with Gasteiger partial charge in [0.15, 0.2) is 0 Å². The van der Waals surface area contributed by atoms with Gasteiger partial charge < -0.3 is 5.73 Å². The number of halogens is 5. The van der Waals surface area contributed by atoms with Crippen LogP contribution in [0.15, 0.2) is 47.4 Å². The number of hydrogen-bond donors (Lipinski definition) is 1. The van der Waals surface area contributed by atoms with Crippen molar-refractivity contribution in [3.05, 3.63) is 63.6 Å². The molecule has 3 rings (SSSR count). The maximum absolute atomic E-state index is 13.5. The first kappa shape index (κ1) is 24.8. The molecule has 0 saturated heterocycles. The number of alkyl halides is 3. The molecule has 2 N–H and O–H groups in total. The molecule has 1 amide bonds. The molecule has 0 heterocycles. The largest absolute Gasteiger partial charge is 0.417 e. The Bertz CT molecular complexity index is 1090. The SMILES string of the molecule is NC(=O)[C@H]1CCCC[C@H]1N(Cc1ccc(C(F)(F)F)c(Cl)c1)S(=O)(=O)c1ccc(Cl)cc1. The molecule has 1 fully saturated rings. The summed E-state index contributed by atoms with van der Waals surface area (Å²) in [6, 6.07) is 7.89. The van der Waals surface area contributed by atoms with Gasteiger partial charge in [-0.05, 0) is 54.8 Å². The van der Waals surface area contributed by atoms with Gasteiger partial charge in [-0.1, -0.05) is 42.1 Å². The van der Waals surface area contributed by atoms with E-state index in [1.54, 1.807) is 0 Å². The fourth-order valence-electron chi connectivity index (χ4n) is 3.98. The van der Waals surface area contributed by atoms with Crippen LogP contribution in [-0.2, 0) is 27.5 Å². The minimum Gasteiger partial charge on any atom is -0.369 e. The van der Waals surface area contributed by atoms with Crippen molar-refractivity contribution in [3.63, 3.8) is 0 Å². The first-order valence-electron chi connectivity index (χ1n) is 9.83. The van der Waals surface area contributed by atoms with Gasteiger partial charge in [-0.15, -0.1) is 0 Å². The van der Waals surface area contributed by atoms with E-state index >= 15 is 0 Å². The van der Waals surface area contributed by atoms with Crippen LogP contribution in [-0.4, -0.2) is 24.7 Å². The van der Waals surface area contributed by atoms with E-state index < -0.39 is 44.7 Å². The molecule has 0 unspecified atom stereocenters. The third kappa shape index (κ3) is 5.39. The maximum atomic E-state index is 13.5. The van der Waals surface area contributed by atoms with E-state index in [0.29, 0.717) is 24.3 Å². The third-order valence-electron chi connectivity index (χ3n) is 5.56. The molecule has 2 aromatic rings. The lowest BCUT2D eigenvalue weighted by Crippen LogP contribution is -2.49. The van der Waals surface area contributed by atoms with Crippen LogP contribution in [0.5, 0.6) is 0 Å². The molecule has 1 aliphatic carbocycles. The van der Waals surface area contributed by atoms with Gasteiger partial charge in [0.2, 0.25) is 15.9 Å². The smallest absolute Gasteiger partial charge is 0.369 e. The van der Waals surface area contributed by atoms with Gasteiger partial charge in [-0.3, -0.25) is 4.79 Å². The molecular formula is C21H21Cl2F3N2O3S. The Morgan fingerprint density at radius 3 is 2.25 bits per heavy atom. The van der Waals surface area contributed by atoms with E-state index in [2.05, 4.69) is 0 Å². The number of amides is 1. The number of sulfonamides is 1. The summed E-state index contributed by atoms with van der Waals surface area (Å²) < 4.78 is 67.4. The Kier molecular flexibility index (Phi) is 7.44. The number of nitrogens with zero attached hydrogens (tertiary/aromatic N) is 1. The highest BCUT2D eigenvalue weighted by Gasteiger charge is 2.40. The molecule has 0 aromatic heterocycles. The molecule has 1 saturated carbocycles. The summed E-state index contributed by atoms with van der Waals surface area (Å²) in [6.07, 6.45) is -2.39. The predicted molar refractivity (Wildman–Crippen MR) is 116 cm³/mol. The van der Waals surface area contributed by atoms with E-state index in [-0.39, 0.29) is 17.0 Å². The zero-order chi connectivity index (χ0) is 23.7. The van der Waals surface area contributed by atoms with Crippen LogP contribution in [0.2, 0.25) is 10.0 Å². The minimum absolute atomic E-state index is 0.0475. The second kappa shape index (κ2) is 9.59. The standard InChI is InChI=1S/C21H21Cl2F3N2O3S/c22-14-6-8-15(9-7-14)32(30,31)28(19-4-2-1-3-16(19)20(27)29)12-13-5-10-17(18(23)11-13)21(24,25)26/h5-11,16,19H,1-4,12H2,(H2,27,29)/t16-,19+/m0/s1. The van der Waals surface area contributed by atoms with Crippen LogP contribution in [0.3, 0.4) is 0 Å². The van der Waals surface area contributed by atoms with Crippen LogP contribution in [0.4, 0.5) is 13.2 Å². The Morgan fingerprint density at radius 1 is 1.06 bits per heavy atom. The number of benzene rings is 2. The van der Waals surface area contributed by atoms with Crippen LogP contribution < -0.4 is 5.73 Å². The molecule has 5 nitrogen and oxygen atoms in total. The molecule has 2 aromatic carbocycles. The van der Waals surface area contributed by atoms with Crippen molar-refractivity contribution < 1.29 is 26.4 Å². The fraction of sp³-hybridized carbons (Fsp3) is 0.381. The molecule has 0 bridgehead atoms. The number of carbonyl (C=O) groups is 1. The van der Waals surface area contributed by atoms with E-state index in [0.717, 1.165) is 22.9 Å². The molecular weight excluding hydrogens is 488 g/mol. The van der Waals surface area contributed by atoms with Crippen LogP contribution in [0.25, 0.3) is 0 Å². The summed E-state index contributed by atoms with van der Waals surface area (Å²) in [7, 11) is -4.13. The second-order valence-corrected chi connectivity index (χ2v) is 10.4. The second-order valence-electron chi connectivity index (χ2n) is 7.68. The van der Waals surface area contributed by atoms with Gasteiger partial charge in [0, 0.05) is 17.6 Å². The van der Waals surface area contributed by atoms with Crippen molar-refractivity contribution >= 4 is 39.1 Å². The zero-order valence-electron chi connectivity index (χ0n) is 16.8. The highest BCUT2D eigenvalue weighted by atomic mass is 35.5. The van der Waals surface area contributed by atoms with Gasteiger partial charge >= 0.3 is 6.18 Å². The van der Waals surface area contributed by atoms with E-state index in [4.69, 9.17) is 28.9 Å². The Balaban J connectivity index is 2.05. The lowest BCUT2D eigenvalue weighted by molar-refractivity contribution is -0.137.